The van der Waals surface area contributed by atoms with Crippen molar-refractivity contribution in [3.63, 3.8) is 0 Å². The van der Waals surface area contributed by atoms with E-state index in [0.717, 1.165) is 0 Å². The fourth-order valence-corrected chi connectivity index (χ4v) is 15.2. The molecule has 0 fully saturated rings. The van der Waals surface area contributed by atoms with Crippen molar-refractivity contribution in [2.24, 2.45) is 0 Å². The molecule has 0 radical (unpaired) electrons. The Hall–Kier alpha value is -6.66. The molecule has 3 aromatic heterocycles. The minimum absolute atomic E-state index is 0. The smallest absolute Gasteiger partial charge is 0.485 e. The third-order valence-corrected chi connectivity index (χ3v) is 18.3. The summed E-state index contributed by atoms with van der Waals surface area (Å²) in [5, 5.41) is 8.36. The Kier molecular flexibility index (Phi) is 16.4. The fraction of sp³-hybridized carbons (Fsp3) is 0.0690. The first-order valence-corrected chi connectivity index (χ1v) is 25.6. The number of hydrogen-bond donors (Lipinski definition) is 0. The van der Waals surface area contributed by atoms with Gasteiger partial charge in [0.15, 0.2) is 53.0 Å². The highest BCUT2D eigenvalue weighted by Gasteiger charge is 2.37. The van der Waals surface area contributed by atoms with Crippen LogP contribution < -0.4 is 0 Å². The molecule has 0 amide bonds. The summed E-state index contributed by atoms with van der Waals surface area (Å²) < 4.78 is 67.6. The van der Waals surface area contributed by atoms with Crippen LogP contribution in [0.5, 0.6) is 0 Å². The second kappa shape index (κ2) is 22.0. The number of benzene rings is 9. The summed E-state index contributed by atoms with van der Waals surface area (Å²) in [4.78, 5) is 4.21. The summed E-state index contributed by atoms with van der Waals surface area (Å²) in [6, 6.07) is 85.2. The molecular weight excluding hydrogens is 930 g/mol. The van der Waals surface area contributed by atoms with Crippen LogP contribution in [0, 0.1) is 0 Å². The van der Waals surface area contributed by atoms with Gasteiger partial charge in [0.25, 0.3) is 0 Å². The van der Waals surface area contributed by atoms with Gasteiger partial charge in [0.05, 0.1) is 0 Å². The number of alkyl halides is 3. The Morgan fingerprint density at radius 1 is 0.294 bits per heavy atom. The lowest BCUT2D eigenvalue weighted by atomic mass is 10.2. The summed E-state index contributed by atoms with van der Waals surface area (Å²) in [5.41, 5.74) is -5.65. The van der Waals surface area contributed by atoms with Gasteiger partial charge in [0, 0.05) is 63.7 Å². The van der Waals surface area contributed by atoms with Gasteiger partial charge in [-0.05, 0) is 109 Å². The topological polar surface area (TPSA) is 57.2 Å². The van der Waals surface area contributed by atoms with Gasteiger partial charge >= 0.3 is 5.51 Å². The maximum atomic E-state index is 10.7. The summed E-state index contributed by atoms with van der Waals surface area (Å²) in [6.07, 6.45) is 0. The quantitative estimate of drug-likeness (QED) is 0.101. The molecule has 0 N–H and O–H groups in total. The van der Waals surface area contributed by atoms with Gasteiger partial charge in [-0.25, -0.2) is 8.42 Å². The van der Waals surface area contributed by atoms with Crippen LogP contribution in [0.4, 0.5) is 13.2 Å². The average molecular weight is 981 g/mol. The van der Waals surface area contributed by atoms with E-state index in [1.54, 1.807) is 0 Å². The highest BCUT2D eigenvalue weighted by molar-refractivity contribution is 7.86. The van der Waals surface area contributed by atoms with E-state index in [1.807, 2.05) is 0 Å². The maximum Gasteiger partial charge on any atom is 0.485 e. The molecule has 9 aromatic carbocycles. The lowest BCUT2D eigenvalue weighted by Crippen LogP contribution is -2.21. The maximum absolute atomic E-state index is 10.7. The van der Waals surface area contributed by atoms with Gasteiger partial charge in [0.1, 0.15) is 0 Å². The summed E-state index contributed by atoms with van der Waals surface area (Å²) >= 11 is 0. The molecule has 0 aliphatic rings. The standard InChI is InChI=1S/3C18H13S.CHF3O3S.3CH4/c3*1-2-8-14(9-3-1)19-17-12-6-4-10-15(17)16-11-5-7-13-18(16)19;2-1(3,4)8(5,6)7;;;/h3*1-13H;(H,5,6,7);3*1H4/q3*+1;;;;/p-1. The second-order valence-electron chi connectivity index (χ2n) is 14.7. The van der Waals surface area contributed by atoms with Gasteiger partial charge in [0.2, 0.25) is 0 Å². The minimum atomic E-state index is -6.09. The van der Waals surface area contributed by atoms with Gasteiger partial charge < -0.3 is 4.55 Å². The molecule has 68 heavy (non-hydrogen) atoms. The molecule has 3 nitrogen and oxygen atoms in total. The summed E-state index contributed by atoms with van der Waals surface area (Å²) in [5.74, 6) is 0. The highest BCUT2D eigenvalue weighted by atomic mass is 32.2. The van der Waals surface area contributed by atoms with Crippen molar-refractivity contribution in [1.82, 2.24) is 0 Å². The van der Waals surface area contributed by atoms with Crippen LogP contribution in [0.25, 0.3) is 75.2 Å². The number of hydrogen-bond acceptors (Lipinski definition) is 3. The SMILES string of the molecule is C.C.C.O=S(=O)([O-])C(F)(F)F.c1ccc(-[s+]2c3ccccc3c3ccccc32)cc1.c1ccc(-[s+]2c3ccccc3c3ccccc32)cc1.c1ccc(-[s+]2c3ccccc3c3ccccc32)cc1. The normalized spacial score (nSPS) is 11.0. The molecule has 3 heterocycles. The van der Waals surface area contributed by atoms with Crippen molar-refractivity contribution in [3.05, 3.63) is 237 Å². The molecule has 10 heteroatoms. The molecule has 0 aliphatic carbocycles. The average Bonchev–Trinajstić information content (AvgIpc) is 3.98. The molecule has 0 saturated heterocycles. The second-order valence-corrected chi connectivity index (χ2v) is 22.0. The molecule has 0 aliphatic heterocycles. The summed E-state index contributed by atoms with van der Waals surface area (Å²) in [7, 11) is -5.91. The monoisotopic (exact) mass is 980 g/mol. The number of fused-ring (bicyclic) bond motifs is 9. The highest BCUT2D eigenvalue weighted by Crippen LogP contribution is 2.50. The Balaban J connectivity index is 0.000000153. The Morgan fingerprint density at radius 3 is 0.603 bits per heavy atom. The van der Waals surface area contributed by atoms with Crippen molar-refractivity contribution < 1.29 is 26.1 Å². The van der Waals surface area contributed by atoms with E-state index in [1.165, 1.54) is 75.2 Å². The molecule has 344 valence electrons. The van der Waals surface area contributed by atoms with E-state index < -0.39 is 15.6 Å². The van der Waals surface area contributed by atoms with Gasteiger partial charge in [-0.15, -0.1) is 0 Å². The third-order valence-electron chi connectivity index (χ3n) is 10.7. The zero-order valence-corrected chi connectivity index (χ0v) is 37.8. The molecule has 12 rings (SSSR count). The van der Waals surface area contributed by atoms with Crippen LogP contribution in [-0.2, 0) is 10.1 Å². The van der Waals surface area contributed by atoms with Crippen LogP contribution in [0.15, 0.2) is 237 Å². The van der Waals surface area contributed by atoms with E-state index >= 15 is 0 Å². The van der Waals surface area contributed by atoms with Crippen molar-refractivity contribution in [2.45, 2.75) is 27.8 Å². The van der Waals surface area contributed by atoms with Crippen LogP contribution >= 0.6 is 31.4 Å². The van der Waals surface area contributed by atoms with Crippen LogP contribution in [0.2, 0.25) is 0 Å². The van der Waals surface area contributed by atoms with E-state index in [9.17, 15) is 13.2 Å². The molecule has 0 atom stereocenters. The fourth-order valence-electron chi connectivity index (χ4n) is 7.99. The molecular formula is C58H51F3O3S4+2. The number of halogens is 3. The van der Waals surface area contributed by atoms with E-state index in [2.05, 4.69) is 237 Å². The molecule has 0 saturated carbocycles. The first kappa shape index (κ1) is 50.7. The minimum Gasteiger partial charge on any atom is -0.741 e. The lowest BCUT2D eigenvalue weighted by molar-refractivity contribution is -0.0517. The Morgan fingerprint density at radius 2 is 0.441 bits per heavy atom. The van der Waals surface area contributed by atoms with E-state index in [4.69, 9.17) is 13.0 Å². The first-order valence-electron chi connectivity index (χ1n) is 20.6. The Labute approximate surface area is 404 Å². The molecule has 0 bridgehead atoms. The zero-order valence-electron chi connectivity index (χ0n) is 34.5. The number of rotatable bonds is 3. The predicted octanol–water partition coefficient (Wildman–Crippen LogP) is 19.2. The van der Waals surface area contributed by atoms with E-state index in [0.29, 0.717) is 0 Å². The number of thiophene rings is 3. The molecule has 0 spiro atoms. The third kappa shape index (κ3) is 10.3. The van der Waals surface area contributed by atoms with Crippen molar-refractivity contribution in [2.75, 3.05) is 0 Å². The van der Waals surface area contributed by atoms with Crippen LogP contribution in [0.1, 0.15) is 22.3 Å². The molecule has 12 aromatic rings. The van der Waals surface area contributed by atoms with E-state index in [-0.39, 0.29) is 53.7 Å². The van der Waals surface area contributed by atoms with Crippen molar-refractivity contribution >= 4 is 102 Å². The van der Waals surface area contributed by atoms with Crippen molar-refractivity contribution in [1.29, 1.82) is 0 Å². The predicted molar refractivity (Wildman–Crippen MR) is 292 cm³/mol. The van der Waals surface area contributed by atoms with Gasteiger partial charge in [-0.3, -0.25) is 0 Å². The summed E-state index contributed by atoms with van der Waals surface area (Å²) in [6.45, 7) is 0. The van der Waals surface area contributed by atoms with Crippen LogP contribution in [-0.4, -0.2) is 18.5 Å². The lowest BCUT2D eigenvalue weighted by Gasteiger charge is -2.08. The largest absolute Gasteiger partial charge is 0.741 e. The van der Waals surface area contributed by atoms with Crippen LogP contribution in [0.3, 0.4) is 0 Å². The Bertz CT molecular complexity index is 3160. The van der Waals surface area contributed by atoms with Gasteiger partial charge in [-0.1, -0.05) is 150 Å². The van der Waals surface area contributed by atoms with Gasteiger partial charge in [-0.2, -0.15) is 13.2 Å². The van der Waals surface area contributed by atoms with Crippen molar-refractivity contribution in [3.8, 4) is 14.7 Å². The first-order chi connectivity index (χ1) is 31.6. The molecule has 0 unspecified atom stereocenters. The zero-order chi connectivity index (χ0) is 45.0.